The quantitative estimate of drug-likeness (QED) is 0.732. The standard InChI is InChI=1S/C13H18N2O5/c1-15(19-2)12(17)11(9-16)20-13(18)14-8-10-6-4-3-5-7-10/h3-7,11,16H,8-9H2,1-2H3,(H,14,18)/t11-/m0/s1. The third-order valence-electron chi connectivity index (χ3n) is 2.55. The fourth-order valence-electron chi connectivity index (χ4n) is 1.40. The van der Waals surface area contributed by atoms with Crippen molar-refractivity contribution in [2.45, 2.75) is 12.6 Å². The van der Waals surface area contributed by atoms with Crippen LogP contribution < -0.4 is 5.32 Å². The normalized spacial score (nSPS) is 11.6. The molecule has 0 radical (unpaired) electrons. The maximum atomic E-state index is 11.7. The zero-order valence-electron chi connectivity index (χ0n) is 11.4. The van der Waals surface area contributed by atoms with Crippen molar-refractivity contribution in [2.24, 2.45) is 0 Å². The number of benzene rings is 1. The van der Waals surface area contributed by atoms with E-state index < -0.39 is 24.7 Å². The van der Waals surface area contributed by atoms with Crippen LogP contribution in [0.3, 0.4) is 0 Å². The summed E-state index contributed by atoms with van der Waals surface area (Å²) in [4.78, 5) is 27.9. The number of rotatable bonds is 6. The second-order valence-electron chi connectivity index (χ2n) is 3.93. The van der Waals surface area contributed by atoms with E-state index >= 15 is 0 Å². The molecule has 20 heavy (non-hydrogen) atoms. The largest absolute Gasteiger partial charge is 0.434 e. The highest BCUT2D eigenvalue weighted by atomic mass is 16.7. The molecule has 0 fully saturated rings. The lowest BCUT2D eigenvalue weighted by Crippen LogP contribution is -2.42. The maximum absolute atomic E-state index is 11.7. The van der Waals surface area contributed by atoms with Gasteiger partial charge < -0.3 is 15.2 Å². The van der Waals surface area contributed by atoms with E-state index in [2.05, 4.69) is 10.2 Å². The van der Waals surface area contributed by atoms with Gasteiger partial charge in [-0.25, -0.2) is 9.86 Å². The molecule has 2 amide bonds. The van der Waals surface area contributed by atoms with Gasteiger partial charge in [0.05, 0.1) is 13.7 Å². The van der Waals surface area contributed by atoms with Gasteiger partial charge >= 0.3 is 6.09 Å². The molecule has 1 aromatic carbocycles. The van der Waals surface area contributed by atoms with Crippen LogP contribution in [0.15, 0.2) is 30.3 Å². The van der Waals surface area contributed by atoms with Crippen molar-refractivity contribution in [3.63, 3.8) is 0 Å². The van der Waals surface area contributed by atoms with Crippen LogP contribution in [-0.2, 0) is 20.9 Å². The van der Waals surface area contributed by atoms with E-state index in [0.29, 0.717) is 0 Å². The molecule has 0 heterocycles. The number of hydrogen-bond donors (Lipinski definition) is 2. The third kappa shape index (κ3) is 4.87. The summed E-state index contributed by atoms with van der Waals surface area (Å²) >= 11 is 0. The first-order chi connectivity index (χ1) is 9.58. The fourth-order valence-corrected chi connectivity index (χ4v) is 1.40. The summed E-state index contributed by atoms with van der Waals surface area (Å²) in [6, 6.07) is 9.23. The third-order valence-corrected chi connectivity index (χ3v) is 2.55. The van der Waals surface area contributed by atoms with Crippen molar-refractivity contribution in [1.82, 2.24) is 10.4 Å². The maximum Gasteiger partial charge on any atom is 0.408 e. The predicted molar refractivity (Wildman–Crippen MR) is 70.4 cm³/mol. The number of likely N-dealkylation sites (N-methyl/N-ethyl adjacent to an activating group) is 1. The number of aliphatic hydroxyl groups is 1. The first-order valence-corrected chi connectivity index (χ1v) is 5.99. The molecular formula is C13H18N2O5. The van der Waals surface area contributed by atoms with E-state index in [1.54, 1.807) is 0 Å². The number of amides is 2. The van der Waals surface area contributed by atoms with Crippen LogP contribution in [0, 0.1) is 0 Å². The molecule has 0 spiro atoms. The number of hydroxylamine groups is 2. The zero-order chi connectivity index (χ0) is 15.0. The van der Waals surface area contributed by atoms with Gasteiger partial charge in [-0.1, -0.05) is 30.3 Å². The topological polar surface area (TPSA) is 88.1 Å². The lowest BCUT2D eigenvalue weighted by Gasteiger charge is -2.20. The number of hydrogen-bond acceptors (Lipinski definition) is 5. The van der Waals surface area contributed by atoms with Gasteiger partial charge in [0.15, 0.2) is 0 Å². The molecule has 0 saturated carbocycles. The Morgan fingerprint density at radius 2 is 2.00 bits per heavy atom. The highest BCUT2D eigenvalue weighted by molar-refractivity contribution is 5.82. The molecule has 0 aliphatic carbocycles. The number of aliphatic hydroxyl groups excluding tert-OH is 1. The summed E-state index contributed by atoms with van der Waals surface area (Å²) < 4.78 is 4.83. The number of carbonyl (C=O) groups excluding carboxylic acids is 2. The van der Waals surface area contributed by atoms with E-state index in [-0.39, 0.29) is 6.54 Å². The number of carbonyl (C=O) groups is 2. The average molecular weight is 282 g/mol. The van der Waals surface area contributed by atoms with Crippen molar-refractivity contribution < 1.29 is 24.3 Å². The molecule has 7 heteroatoms. The van der Waals surface area contributed by atoms with Gasteiger partial charge in [0.25, 0.3) is 5.91 Å². The minimum Gasteiger partial charge on any atom is -0.434 e. The summed E-state index contributed by atoms with van der Waals surface area (Å²) in [5.41, 5.74) is 0.894. The Hall–Kier alpha value is -2.12. The molecule has 0 aromatic heterocycles. The van der Waals surface area contributed by atoms with Gasteiger partial charge in [0, 0.05) is 13.6 Å². The summed E-state index contributed by atoms with van der Waals surface area (Å²) in [6.07, 6.45) is -2.08. The van der Waals surface area contributed by atoms with Crippen molar-refractivity contribution in [3.8, 4) is 0 Å². The van der Waals surface area contributed by atoms with Crippen molar-refractivity contribution in [3.05, 3.63) is 35.9 Å². The molecule has 0 bridgehead atoms. The number of alkyl carbamates (subject to hydrolysis) is 1. The van der Waals surface area contributed by atoms with Crippen LogP contribution in [0.4, 0.5) is 4.79 Å². The Morgan fingerprint density at radius 3 is 2.55 bits per heavy atom. The predicted octanol–water partition coefficient (Wildman–Crippen LogP) is 0.293. The lowest BCUT2D eigenvalue weighted by molar-refractivity contribution is -0.179. The minimum absolute atomic E-state index is 0.270. The second-order valence-corrected chi connectivity index (χ2v) is 3.93. The van der Waals surface area contributed by atoms with Crippen molar-refractivity contribution >= 4 is 12.0 Å². The Morgan fingerprint density at radius 1 is 1.35 bits per heavy atom. The Bertz CT molecular complexity index is 438. The smallest absolute Gasteiger partial charge is 0.408 e. The van der Waals surface area contributed by atoms with Crippen LogP contribution in [0.1, 0.15) is 5.56 Å². The molecule has 1 rings (SSSR count). The fraction of sp³-hybridized carbons (Fsp3) is 0.385. The Kier molecular flexibility index (Phi) is 6.48. The number of nitrogens with zero attached hydrogens (tertiary/aromatic N) is 1. The van der Waals surface area contributed by atoms with Crippen molar-refractivity contribution in [2.75, 3.05) is 20.8 Å². The van der Waals surface area contributed by atoms with E-state index in [1.165, 1.54) is 14.2 Å². The highest BCUT2D eigenvalue weighted by Crippen LogP contribution is 2.01. The SMILES string of the molecule is CON(C)C(=O)[C@H](CO)OC(=O)NCc1ccccc1. The van der Waals surface area contributed by atoms with Crippen LogP contribution >= 0.6 is 0 Å². The molecule has 0 saturated heterocycles. The van der Waals surface area contributed by atoms with Crippen LogP contribution in [0.25, 0.3) is 0 Å². The first-order valence-electron chi connectivity index (χ1n) is 5.99. The monoisotopic (exact) mass is 282 g/mol. The molecule has 110 valence electrons. The summed E-state index contributed by atoms with van der Waals surface area (Å²) in [6.45, 7) is -0.350. The van der Waals surface area contributed by atoms with Gasteiger partial charge in [-0.3, -0.25) is 9.63 Å². The molecule has 7 nitrogen and oxygen atoms in total. The average Bonchev–Trinajstić information content (AvgIpc) is 2.50. The van der Waals surface area contributed by atoms with Gasteiger partial charge in [-0.15, -0.1) is 0 Å². The first kappa shape index (κ1) is 15.9. The van der Waals surface area contributed by atoms with Crippen LogP contribution in [0.5, 0.6) is 0 Å². The number of nitrogens with one attached hydrogen (secondary N) is 1. The number of ether oxygens (including phenoxy) is 1. The summed E-state index contributed by atoms with van der Waals surface area (Å²) in [5.74, 6) is -0.648. The van der Waals surface area contributed by atoms with E-state index in [1.807, 2.05) is 30.3 Å². The summed E-state index contributed by atoms with van der Waals surface area (Å²) in [7, 11) is 2.65. The summed E-state index contributed by atoms with van der Waals surface area (Å²) in [5, 5.41) is 12.4. The molecule has 1 atom stereocenters. The van der Waals surface area contributed by atoms with Crippen LogP contribution in [0.2, 0.25) is 0 Å². The molecular weight excluding hydrogens is 264 g/mol. The molecule has 1 aromatic rings. The van der Waals surface area contributed by atoms with E-state index in [0.717, 1.165) is 10.6 Å². The van der Waals surface area contributed by atoms with Crippen molar-refractivity contribution in [1.29, 1.82) is 0 Å². The molecule has 0 unspecified atom stereocenters. The second kappa shape index (κ2) is 8.13. The van der Waals surface area contributed by atoms with Gasteiger partial charge in [0.2, 0.25) is 6.10 Å². The lowest BCUT2D eigenvalue weighted by atomic mass is 10.2. The molecule has 0 aliphatic rings. The zero-order valence-corrected chi connectivity index (χ0v) is 11.4. The van der Waals surface area contributed by atoms with Gasteiger partial charge in [-0.05, 0) is 5.56 Å². The highest BCUT2D eigenvalue weighted by Gasteiger charge is 2.25. The van der Waals surface area contributed by atoms with Crippen LogP contribution in [-0.4, -0.2) is 49.0 Å². The Balaban J connectivity index is 2.45. The van der Waals surface area contributed by atoms with E-state index in [9.17, 15) is 9.59 Å². The van der Waals surface area contributed by atoms with E-state index in [4.69, 9.17) is 9.84 Å². The molecule has 2 N–H and O–H groups in total. The minimum atomic E-state index is -1.30. The van der Waals surface area contributed by atoms with Gasteiger partial charge in [-0.2, -0.15) is 0 Å². The Labute approximate surface area is 117 Å². The molecule has 0 aliphatic heterocycles. The van der Waals surface area contributed by atoms with Gasteiger partial charge in [0.1, 0.15) is 0 Å².